The number of aryl methyl sites for hydroxylation is 1. The molecule has 1 aromatic carbocycles. The van der Waals surface area contributed by atoms with Crippen LogP contribution >= 0.6 is 15.9 Å². The number of benzene rings is 1. The number of rotatable bonds is 6. The van der Waals surface area contributed by atoms with E-state index in [-0.39, 0.29) is 24.0 Å². The highest BCUT2D eigenvalue weighted by Crippen LogP contribution is 2.24. The van der Waals surface area contributed by atoms with Crippen LogP contribution in [0, 0.1) is 5.92 Å². The van der Waals surface area contributed by atoms with Crippen LogP contribution in [-0.2, 0) is 11.2 Å². The van der Waals surface area contributed by atoms with Gasteiger partial charge in [0, 0.05) is 16.6 Å². The first-order valence-corrected chi connectivity index (χ1v) is 9.27. The van der Waals surface area contributed by atoms with Crippen LogP contribution < -0.4 is 10.6 Å². The van der Waals surface area contributed by atoms with Crippen molar-refractivity contribution in [2.24, 2.45) is 5.92 Å². The van der Waals surface area contributed by atoms with Gasteiger partial charge in [-0.15, -0.1) is 0 Å². The number of hydrogen-bond donors (Lipinski definition) is 3. The van der Waals surface area contributed by atoms with Gasteiger partial charge in [-0.2, -0.15) is 0 Å². The second-order valence-corrected chi connectivity index (χ2v) is 7.49. The van der Waals surface area contributed by atoms with Crippen molar-refractivity contribution in [2.45, 2.75) is 57.5 Å². The first-order chi connectivity index (χ1) is 11.4. The molecule has 1 fully saturated rings. The lowest BCUT2D eigenvalue weighted by atomic mass is 9.86. The molecule has 6 heteroatoms. The van der Waals surface area contributed by atoms with Gasteiger partial charge in [-0.25, -0.2) is 4.79 Å². The minimum atomic E-state index is -0.723. The molecule has 0 saturated heterocycles. The summed E-state index contributed by atoms with van der Waals surface area (Å²) in [6, 6.07) is 8.22. The zero-order chi connectivity index (χ0) is 17.5. The Morgan fingerprint density at radius 3 is 2.42 bits per heavy atom. The molecule has 0 aromatic heterocycles. The summed E-state index contributed by atoms with van der Waals surface area (Å²) in [5.41, 5.74) is 1.25. The fraction of sp³-hybridized carbons (Fsp3) is 0.556. The quantitative estimate of drug-likeness (QED) is 0.685. The Kier molecular flexibility index (Phi) is 7.09. The number of urea groups is 1. The molecular formula is C18H25BrN2O3. The number of carboxylic acids is 1. The third-order valence-electron chi connectivity index (χ3n) is 4.57. The third-order valence-corrected chi connectivity index (χ3v) is 5.10. The molecular weight excluding hydrogens is 372 g/mol. The van der Waals surface area contributed by atoms with Gasteiger partial charge in [-0.1, -0.05) is 28.1 Å². The molecule has 5 nitrogen and oxygen atoms in total. The predicted molar refractivity (Wildman–Crippen MR) is 97.0 cm³/mol. The highest BCUT2D eigenvalue weighted by Gasteiger charge is 2.26. The maximum Gasteiger partial charge on any atom is 0.315 e. The van der Waals surface area contributed by atoms with Crippen LogP contribution in [0.1, 0.15) is 44.6 Å². The van der Waals surface area contributed by atoms with Gasteiger partial charge in [-0.05, 0) is 63.1 Å². The normalized spacial score (nSPS) is 21.8. The van der Waals surface area contributed by atoms with E-state index in [2.05, 4.69) is 38.7 Å². The molecule has 3 N–H and O–H groups in total. The minimum Gasteiger partial charge on any atom is -0.481 e. The monoisotopic (exact) mass is 396 g/mol. The summed E-state index contributed by atoms with van der Waals surface area (Å²) in [4.78, 5) is 23.0. The van der Waals surface area contributed by atoms with Crippen molar-refractivity contribution in [3.05, 3.63) is 34.3 Å². The van der Waals surface area contributed by atoms with E-state index in [4.69, 9.17) is 5.11 Å². The number of halogens is 1. The average Bonchev–Trinajstić information content (AvgIpc) is 2.54. The molecule has 0 aliphatic heterocycles. The molecule has 0 spiro atoms. The van der Waals surface area contributed by atoms with Crippen LogP contribution in [0.3, 0.4) is 0 Å². The lowest BCUT2D eigenvalue weighted by molar-refractivity contribution is -0.142. The summed E-state index contributed by atoms with van der Waals surface area (Å²) in [5, 5.41) is 14.9. The maximum atomic E-state index is 12.0. The van der Waals surface area contributed by atoms with Gasteiger partial charge in [0.2, 0.25) is 0 Å². The summed E-state index contributed by atoms with van der Waals surface area (Å²) in [7, 11) is 0. The predicted octanol–water partition coefficient (Wildman–Crippen LogP) is 3.71. The van der Waals surface area contributed by atoms with Crippen molar-refractivity contribution in [1.29, 1.82) is 0 Å². The van der Waals surface area contributed by atoms with Crippen LogP contribution in [0.15, 0.2) is 28.7 Å². The van der Waals surface area contributed by atoms with E-state index in [1.54, 1.807) is 0 Å². The Hall–Kier alpha value is -1.56. The number of carbonyl (C=O) groups is 2. The molecule has 0 radical (unpaired) electrons. The molecule has 1 aromatic rings. The average molecular weight is 397 g/mol. The van der Waals surface area contributed by atoms with Gasteiger partial charge in [0.25, 0.3) is 0 Å². The SMILES string of the molecule is CC(CCc1ccc(Br)cc1)NC(=O)NC1CCC(C(=O)O)CC1. The molecule has 2 amide bonds. The van der Waals surface area contributed by atoms with E-state index in [1.807, 2.05) is 19.1 Å². The Balaban J connectivity index is 1.66. The summed E-state index contributed by atoms with van der Waals surface area (Å²) in [6.07, 6.45) is 4.54. The van der Waals surface area contributed by atoms with E-state index in [9.17, 15) is 9.59 Å². The van der Waals surface area contributed by atoms with E-state index in [0.717, 1.165) is 30.2 Å². The molecule has 1 aliphatic rings. The second kappa shape index (κ2) is 9.06. The molecule has 132 valence electrons. The number of carboxylic acid groups (broad SMARTS) is 1. The number of amides is 2. The number of nitrogens with one attached hydrogen (secondary N) is 2. The number of hydrogen-bond acceptors (Lipinski definition) is 2. The summed E-state index contributed by atoms with van der Waals surface area (Å²) >= 11 is 3.42. The second-order valence-electron chi connectivity index (χ2n) is 6.57. The van der Waals surface area contributed by atoms with Crippen molar-refractivity contribution in [2.75, 3.05) is 0 Å². The van der Waals surface area contributed by atoms with Gasteiger partial charge in [0.1, 0.15) is 0 Å². The van der Waals surface area contributed by atoms with Crippen molar-refractivity contribution in [1.82, 2.24) is 10.6 Å². The van der Waals surface area contributed by atoms with E-state index in [1.165, 1.54) is 5.56 Å². The lowest BCUT2D eigenvalue weighted by Crippen LogP contribution is -2.46. The number of carbonyl (C=O) groups excluding carboxylic acids is 1. The summed E-state index contributed by atoms with van der Waals surface area (Å²) in [6.45, 7) is 2.00. The Bertz CT molecular complexity index is 554. The van der Waals surface area contributed by atoms with E-state index in [0.29, 0.717) is 12.8 Å². The topological polar surface area (TPSA) is 78.4 Å². The van der Waals surface area contributed by atoms with E-state index >= 15 is 0 Å². The summed E-state index contributed by atoms with van der Waals surface area (Å²) < 4.78 is 1.06. The lowest BCUT2D eigenvalue weighted by Gasteiger charge is -2.27. The highest BCUT2D eigenvalue weighted by molar-refractivity contribution is 9.10. The molecule has 1 unspecified atom stereocenters. The Morgan fingerprint density at radius 2 is 1.83 bits per heavy atom. The van der Waals surface area contributed by atoms with E-state index < -0.39 is 5.97 Å². The fourth-order valence-electron chi connectivity index (χ4n) is 3.04. The zero-order valence-electron chi connectivity index (χ0n) is 13.9. The molecule has 2 rings (SSSR count). The van der Waals surface area contributed by atoms with Crippen molar-refractivity contribution in [3.8, 4) is 0 Å². The van der Waals surface area contributed by atoms with Gasteiger partial charge >= 0.3 is 12.0 Å². The molecule has 1 atom stereocenters. The summed E-state index contributed by atoms with van der Waals surface area (Å²) in [5.74, 6) is -0.976. The van der Waals surface area contributed by atoms with Crippen LogP contribution in [-0.4, -0.2) is 29.2 Å². The van der Waals surface area contributed by atoms with Crippen LogP contribution in [0.5, 0.6) is 0 Å². The first-order valence-electron chi connectivity index (χ1n) is 8.48. The maximum absolute atomic E-state index is 12.0. The molecule has 1 aliphatic carbocycles. The molecule has 0 heterocycles. The van der Waals surface area contributed by atoms with Crippen molar-refractivity contribution >= 4 is 27.9 Å². The molecule has 1 saturated carbocycles. The standard InChI is InChI=1S/C18H25BrN2O3/c1-12(2-3-13-4-8-15(19)9-5-13)20-18(24)21-16-10-6-14(7-11-16)17(22)23/h4-5,8-9,12,14,16H,2-3,6-7,10-11H2,1H3,(H,22,23)(H2,20,21,24). The molecule has 24 heavy (non-hydrogen) atoms. The fourth-order valence-corrected chi connectivity index (χ4v) is 3.31. The minimum absolute atomic E-state index is 0.0827. The highest BCUT2D eigenvalue weighted by atomic mass is 79.9. The first kappa shape index (κ1) is 18.8. The van der Waals surface area contributed by atoms with Gasteiger partial charge in [0.05, 0.1) is 5.92 Å². The third kappa shape index (κ3) is 6.15. The van der Waals surface area contributed by atoms with Crippen LogP contribution in [0.25, 0.3) is 0 Å². The van der Waals surface area contributed by atoms with Gasteiger partial charge < -0.3 is 15.7 Å². The Morgan fingerprint density at radius 1 is 1.21 bits per heavy atom. The largest absolute Gasteiger partial charge is 0.481 e. The van der Waals surface area contributed by atoms with Crippen molar-refractivity contribution in [3.63, 3.8) is 0 Å². The van der Waals surface area contributed by atoms with Crippen LogP contribution in [0.4, 0.5) is 4.79 Å². The van der Waals surface area contributed by atoms with Crippen molar-refractivity contribution < 1.29 is 14.7 Å². The Labute approximate surface area is 151 Å². The number of aliphatic carboxylic acids is 1. The molecule has 0 bridgehead atoms. The zero-order valence-corrected chi connectivity index (χ0v) is 15.5. The smallest absolute Gasteiger partial charge is 0.315 e. The van der Waals surface area contributed by atoms with Gasteiger partial charge in [0.15, 0.2) is 0 Å². The van der Waals surface area contributed by atoms with Crippen LogP contribution in [0.2, 0.25) is 0 Å². The van der Waals surface area contributed by atoms with Gasteiger partial charge in [-0.3, -0.25) is 4.79 Å².